The number of nitrogens with one attached hydrogen (secondary N) is 2. The lowest BCUT2D eigenvalue weighted by molar-refractivity contribution is -0.129. The number of rotatable bonds is 7. The van der Waals surface area contributed by atoms with Crippen LogP contribution >= 0.6 is 0 Å². The number of urea groups is 1. The zero-order valence-corrected chi connectivity index (χ0v) is 16.7. The van der Waals surface area contributed by atoms with E-state index in [4.69, 9.17) is 4.55 Å². The van der Waals surface area contributed by atoms with E-state index in [1.54, 1.807) is 12.5 Å². The average molecular weight is 442 g/mol. The van der Waals surface area contributed by atoms with Crippen molar-refractivity contribution in [2.24, 2.45) is 0 Å². The molecule has 3 aliphatic heterocycles. The van der Waals surface area contributed by atoms with E-state index in [9.17, 15) is 22.8 Å². The minimum absolute atomic E-state index is 0.0944. The van der Waals surface area contributed by atoms with E-state index < -0.39 is 34.4 Å². The van der Waals surface area contributed by atoms with Gasteiger partial charge in [-0.05, 0) is 19.3 Å². The van der Waals surface area contributed by atoms with Gasteiger partial charge in [-0.1, -0.05) is 0 Å². The van der Waals surface area contributed by atoms with Crippen LogP contribution in [0.5, 0.6) is 0 Å². The lowest BCUT2D eigenvalue weighted by atomic mass is 10.00. The molecule has 3 saturated heterocycles. The van der Waals surface area contributed by atoms with Crippen LogP contribution in [0.1, 0.15) is 25.3 Å². The molecule has 0 radical (unpaired) electrons. The molecule has 4 atom stereocenters. The van der Waals surface area contributed by atoms with Crippen LogP contribution < -0.4 is 10.6 Å². The first kappa shape index (κ1) is 20.7. The van der Waals surface area contributed by atoms with Gasteiger partial charge in [0.15, 0.2) is 5.78 Å². The van der Waals surface area contributed by atoms with Crippen molar-refractivity contribution in [2.45, 2.75) is 43.4 Å². The second-order valence-electron chi connectivity index (χ2n) is 7.55. The summed E-state index contributed by atoms with van der Waals surface area (Å²) in [5.41, 5.74) is 0. The van der Waals surface area contributed by atoms with E-state index in [0.717, 1.165) is 0 Å². The van der Waals surface area contributed by atoms with E-state index in [2.05, 4.69) is 19.9 Å². The first-order chi connectivity index (χ1) is 14.2. The number of Topliss-reactive ketones (excluding diaryl/α,β-unsaturated/α-hetero) is 1. The molecule has 0 spiro atoms. The third kappa shape index (κ3) is 4.16. The fourth-order valence-electron chi connectivity index (χ4n) is 4.19. The van der Waals surface area contributed by atoms with E-state index in [0.29, 0.717) is 24.4 Å². The van der Waals surface area contributed by atoms with E-state index in [1.165, 1.54) is 4.90 Å². The molecule has 13 nitrogen and oxygen atoms in total. The van der Waals surface area contributed by atoms with Gasteiger partial charge < -0.3 is 20.1 Å². The largest absolute Gasteiger partial charge is 0.418 e. The number of piperidine rings is 1. The Morgan fingerprint density at radius 2 is 2.13 bits per heavy atom. The maximum atomic E-state index is 12.6. The van der Waals surface area contributed by atoms with Crippen LogP contribution in [-0.4, -0.2) is 88.0 Å². The van der Waals surface area contributed by atoms with Crippen LogP contribution in [0.15, 0.2) is 18.7 Å². The van der Waals surface area contributed by atoms with E-state index >= 15 is 0 Å². The number of hydroxylamine groups is 2. The molecule has 1 aromatic rings. The summed E-state index contributed by atoms with van der Waals surface area (Å²) in [5.74, 6) is -0.656. The number of amides is 3. The van der Waals surface area contributed by atoms with Gasteiger partial charge in [-0.3, -0.25) is 14.1 Å². The third-order valence-electron chi connectivity index (χ3n) is 5.68. The predicted octanol–water partition coefficient (Wildman–Crippen LogP) is -1.53. The molecule has 14 heteroatoms. The molecule has 30 heavy (non-hydrogen) atoms. The van der Waals surface area contributed by atoms with Gasteiger partial charge >= 0.3 is 16.4 Å². The molecular weight excluding hydrogens is 420 g/mol. The molecule has 3 fully saturated rings. The van der Waals surface area contributed by atoms with Crippen molar-refractivity contribution in [3.05, 3.63) is 18.7 Å². The third-order valence-corrected chi connectivity index (χ3v) is 6.03. The number of carbonyl (C=O) groups is 3. The fourth-order valence-corrected chi connectivity index (χ4v) is 4.58. The number of nitrogens with zero attached hydrogens (tertiary/aromatic N) is 4. The Bertz CT molecular complexity index is 936. The average Bonchev–Trinajstić information content (AvgIpc) is 3.43. The summed E-state index contributed by atoms with van der Waals surface area (Å²) in [6.45, 7) is 0.536. The van der Waals surface area contributed by atoms with Crippen molar-refractivity contribution in [3.63, 3.8) is 0 Å². The zero-order chi connectivity index (χ0) is 21.5. The second-order valence-corrected chi connectivity index (χ2v) is 8.56. The summed E-state index contributed by atoms with van der Waals surface area (Å²) in [6.07, 6.45) is 6.39. The van der Waals surface area contributed by atoms with Crippen molar-refractivity contribution in [1.29, 1.82) is 0 Å². The summed E-state index contributed by atoms with van der Waals surface area (Å²) in [7, 11) is -4.85. The van der Waals surface area contributed by atoms with Crippen molar-refractivity contribution in [3.8, 4) is 0 Å². The molecular formula is C16H22N6O7S. The molecule has 3 amide bonds. The highest BCUT2D eigenvalue weighted by atomic mass is 32.3. The molecule has 4 rings (SSSR count). The molecule has 1 aromatic heterocycles. The quantitative estimate of drug-likeness (QED) is 0.425. The maximum absolute atomic E-state index is 12.6. The van der Waals surface area contributed by atoms with Crippen molar-refractivity contribution < 1.29 is 31.6 Å². The van der Waals surface area contributed by atoms with Crippen molar-refractivity contribution in [1.82, 2.24) is 30.1 Å². The standard InChI is InChI=1S/C16H22N6O7S/c23-14(12-5-11(6-18-12)20-4-3-17-9-20)7-19-15(24)13-2-1-10-8-21(13)16(25)22(10)29-30(26,27)28/h3-4,9-13,18H,1-2,5-8H2,(H,19,24)(H,26,27,28)/t10-,11-,12+,13+/m1/s1. The highest BCUT2D eigenvalue weighted by Gasteiger charge is 2.49. The Hall–Kier alpha value is -2.55. The number of carbonyl (C=O) groups excluding carboxylic acids is 3. The fraction of sp³-hybridized carbons (Fsp3) is 0.625. The van der Waals surface area contributed by atoms with Crippen molar-refractivity contribution in [2.75, 3.05) is 19.6 Å². The second kappa shape index (κ2) is 7.94. The number of aromatic nitrogens is 2. The van der Waals surface area contributed by atoms with Gasteiger partial charge in [-0.2, -0.15) is 13.5 Å². The molecule has 0 saturated carbocycles. The first-order valence-corrected chi connectivity index (χ1v) is 10.9. The van der Waals surface area contributed by atoms with Gasteiger partial charge in [0.25, 0.3) is 0 Å². The summed E-state index contributed by atoms with van der Waals surface area (Å²) in [5, 5.41) is 6.29. The van der Waals surface area contributed by atoms with Gasteiger partial charge in [0.05, 0.1) is 25.0 Å². The molecule has 0 aromatic carbocycles. The lowest BCUT2D eigenvalue weighted by Crippen LogP contribution is -2.51. The van der Waals surface area contributed by atoms with Gasteiger partial charge in [0, 0.05) is 31.5 Å². The summed E-state index contributed by atoms with van der Waals surface area (Å²) >= 11 is 0. The number of hydrogen-bond donors (Lipinski definition) is 3. The molecule has 3 N–H and O–H groups in total. The monoisotopic (exact) mass is 442 g/mol. The topological polar surface area (TPSA) is 163 Å². The number of fused-ring (bicyclic) bond motifs is 2. The zero-order valence-electron chi connectivity index (χ0n) is 15.9. The molecule has 0 unspecified atom stereocenters. The molecule has 164 valence electrons. The highest BCUT2D eigenvalue weighted by Crippen LogP contribution is 2.30. The number of ketones is 1. The molecule has 0 aliphatic carbocycles. The van der Waals surface area contributed by atoms with Gasteiger partial charge in [0.1, 0.15) is 6.04 Å². The van der Waals surface area contributed by atoms with Gasteiger partial charge in [-0.25, -0.2) is 9.78 Å². The highest BCUT2D eigenvalue weighted by molar-refractivity contribution is 7.80. The number of imidazole rings is 1. The van der Waals surface area contributed by atoms with Crippen LogP contribution in [0.4, 0.5) is 4.79 Å². The Balaban J connectivity index is 1.29. The maximum Gasteiger partial charge on any atom is 0.418 e. The lowest BCUT2D eigenvalue weighted by Gasteiger charge is -2.29. The van der Waals surface area contributed by atoms with E-state index in [1.807, 2.05) is 10.8 Å². The SMILES string of the molecule is O=C(CNC(=O)[C@@H]1CC[C@@H]2CN1C(=O)N2OS(=O)(=O)O)[C@@H]1C[C@@H](n2ccnc2)CN1. The molecule has 3 aliphatic rings. The van der Waals surface area contributed by atoms with Crippen LogP contribution in [0.2, 0.25) is 0 Å². The van der Waals surface area contributed by atoms with Crippen LogP contribution in [0.3, 0.4) is 0 Å². The predicted molar refractivity (Wildman–Crippen MR) is 99.1 cm³/mol. The minimum Gasteiger partial charge on any atom is -0.347 e. The van der Waals surface area contributed by atoms with Crippen LogP contribution in [0.25, 0.3) is 0 Å². The molecule has 2 bridgehead atoms. The van der Waals surface area contributed by atoms with Crippen LogP contribution in [-0.2, 0) is 24.3 Å². The minimum atomic E-state index is -4.85. The van der Waals surface area contributed by atoms with Gasteiger partial charge in [-0.15, -0.1) is 4.28 Å². The van der Waals surface area contributed by atoms with Crippen molar-refractivity contribution >= 4 is 28.1 Å². The summed E-state index contributed by atoms with van der Waals surface area (Å²) in [4.78, 5) is 42.6. The normalized spacial score (nSPS) is 28.8. The smallest absolute Gasteiger partial charge is 0.347 e. The Morgan fingerprint density at radius 3 is 2.83 bits per heavy atom. The Kier molecular flexibility index (Phi) is 5.48. The summed E-state index contributed by atoms with van der Waals surface area (Å²) < 4.78 is 36.9. The number of hydrogen-bond acceptors (Lipinski definition) is 8. The molecule has 4 heterocycles. The summed E-state index contributed by atoms with van der Waals surface area (Å²) in [6, 6.07) is -2.51. The Labute approximate surface area is 172 Å². The van der Waals surface area contributed by atoms with Gasteiger partial charge in [0.2, 0.25) is 5.91 Å². The first-order valence-electron chi connectivity index (χ1n) is 9.51. The van der Waals surface area contributed by atoms with Crippen LogP contribution in [0, 0.1) is 0 Å². The van der Waals surface area contributed by atoms with E-state index in [-0.39, 0.29) is 37.4 Å². The Morgan fingerprint density at radius 1 is 1.33 bits per heavy atom.